The van der Waals surface area contributed by atoms with Crippen LogP contribution in [0, 0.1) is 5.92 Å². The molecule has 1 saturated carbocycles. The van der Waals surface area contributed by atoms with E-state index >= 15 is 0 Å². The van der Waals surface area contributed by atoms with Crippen molar-refractivity contribution in [3.63, 3.8) is 0 Å². The van der Waals surface area contributed by atoms with Crippen LogP contribution in [0.4, 0.5) is 0 Å². The lowest BCUT2D eigenvalue weighted by atomic mass is 10.0. The van der Waals surface area contributed by atoms with Crippen molar-refractivity contribution >= 4 is 46.4 Å². The summed E-state index contributed by atoms with van der Waals surface area (Å²) < 4.78 is 5.34. The number of methoxy groups -OCH3 is 1. The number of aromatic nitrogens is 4. The summed E-state index contributed by atoms with van der Waals surface area (Å²) in [5.74, 6) is -2.07. The predicted molar refractivity (Wildman–Crippen MR) is 187 cm³/mol. The Hall–Kier alpha value is -4.89. The van der Waals surface area contributed by atoms with Crippen LogP contribution in [-0.4, -0.2) is 85.0 Å². The number of rotatable bonds is 7. The van der Waals surface area contributed by atoms with Crippen molar-refractivity contribution in [1.29, 1.82) is 0 Å². The second-order valence-electron chi connectivity index (χ2n) is 12.9. The average Bonchev–Trinajstić information content (AvgIpc) is 3.77. The van der Waals surface area contributed by atoms with Crippen LogP contribution < -0.4 is 15.4 Å². The number of carbonyl (C=O) groups is 4. The molecule has 1 aliphatic carbocycles. The van der Waals surface area contributed by atoms with Crippen LogP contribution in [0.2, 0.25) is 0 Å². The quantitative estimate of drug-likeness (QED) is 0.232. The predicted octanol–water partition coefficient (Wildman–Crippen LogP) is 4.56. The number of amides is 3. The molecule has 5 heterocycles. The third kappa shape index (κ3) is 6.66. The number of benzene rings is 1. The minimum absolute atomic E-state index is 0.0825. The molecule has 260 valence electrons. The number of fused-ring (bicyclic) bond motifs is 2. The molecular weight excluding hydrogens is 679 g/mol. The van der Waals surface area contributed by atoms with E-state index in [1.54, 1.807) is 30.1 Å². The number of ether oxygens (including phenoxy) is 1. The summed E-state index contributed by atoms with van der Waals surface area (Å²) in [6.45, 7) is 0.0825. The minimum Gasteiger partial charge on any atom is -0.497 e. The molecule has 3 aliphatic rings. The van der Waals surface area contributed by atoms with Gasteiger partial charge >= 0.3 is 5.97 Å². The van der Waals surface area contributed by atoms with Gasteiger partial charge in [-0.2, -0.15) is 21.2 Å². The van der Waals surface area contributed by atoms with Gasteiger partial charge in [0.15, 0.2) is 0 Å². The van der Waals surface area contributed by atoms with Crippen LogP contribution in [0.1, 0.15) is 61.3 Å². The Bertz CT molecular complexity index is 1890. The average molecular weight is 716 g/mol. The van der Waals surface area contributed by atoms with E-state index in [1.165, 1.54) is 32.4 Å². The van der Waals surface area contributed by atoms with Crippen molar-refractivity contribution in [2.75, 3.05) is 13.7 Å². The van der Waals surface area contributed by atoms with Crippen molar-refractivity contribution < 1.29 is 29.0 Å². The van der Waals surface area contributed by atoms with Gasteiger partial charge in [0, 0.05) is 41.4 Å². The van der Waals surface area contributed by atoms with Gasteiger partial charge in [0.05, 0.1) is 18.7 Å². The van der Waals surface area contributed by atoms with E-state index in [2.05, 4.69) is 15.6 Å². The molecule has 3 amide bonds. The zero-order chi connectivity index (χ0) is 34.8. The maximum Gasteiger partial charge on any atom is 0.330 e. The molecule has 0 spiro atoms. The number of allylic oxidation sites excluding steroid dienone is 1. The summed E-state index contributed by atoms with van der Waals surface area (Å²) in [4.78, 5) is 61.8. The molecule has 13 nitrogen and oxygen atoms in total. The van der Waals surface area contributed by atoms with Gasteiger partial charge in [-0.1, -0.05) is 25.0 Å². The molecule has 0 unspecified atom stereocenters. The van der Waals surface area contributed by atoms with Crippen LogP contribution >= 0.6 is 22.7 Å². The maximum atomic E-state index is 14.5. The van der Waals surface area contributed by atoms with Gasteiger partial charge in [-0.05, 0) is 61.4 Å². The molecule has 3 N–H and O–H groups in total. The number of nitrogens with zero attached hydrogens (tertiary/aromatic N) is 5. The molecule has 3 aromatic heterocycles. The first kappa shape index (κ1) is 33.6. The Morgan fingerprint density at radius 1 is 1.08 bits per heavy atom. The second-order valence-corrected chi connectivity index (χ2v) is 14.5. The third-order valence-corrected chi connectivity index (χ3v) is 11.1. The fourth-order valence-electron chi connectivity index (χ4n) is 6.79. The van der Waals surface area contributed by atoms with Crippen molar-refractivity contribution in [3.8, 4) is 27.7 Å². The standard InChI is InChI=1S/C35H37N7O6S2/c1-48-25-11-9-21(10-12-25)28-29(32-36-14-16-50-32)40-42(39-28)24-17-27-31(44)38-35(34(46)47)18-23(35)7-5-3-2-4-6-8-26(33(45)41(27)19-24)37-30(43)22-13-15-49-20-22/h5,7,9-16,20,23-24,26-27H,2-4,6,8,17-19H2,1H3,(H,37,43)(H,38,44)(H,46,47)/b7-5-/t23-,24-,26-,27+,35-/m1/s1. The normalized spacial score (nSPS) is 26.1. The monoisotopic (exact) mass is 715 g/mol. The molecule has 0 radical (unpaired) electrons. The van der Waals surface area contributed by atoms with E-state index < -0.39 is 41.4 Å². The van der Waals surface area contributed by atoms with E-state index in [4.69, 9.17) is 14.9 Å². The molecule has 7 rings (SSSR count). The van der Waals surface area contributed by atoms with Gasteiger partial charge in [-0.25, -0.2) is 9.78 Å². The van der Waals surface area contributed by atoms with Gasteiger partial charge in [-0.15, -0.1) is 16.4 Å². The fraction of sp³-hybridized carbons (Fsp3) is 0.400. The summed E-state index contributed by atoms with van der Waals surface area (Å²) in [5.41, 5.74) is 0.958. The van der Waals surface area contributed by atoms with Crippen LogP contribution in [-0.2, 0) is 14.4 Å². The number of carboxylic acids is 1. The lowest BCUT2D eigenvalue weighted by molar-refractivity contribution is -0.145. The lowest BCUT2D eigenvalue weighted by Crippen LogP contribution is -2.56. The molecular formula is C35H37N7O6S2. The third-order valence-electron chi connectivity index (χ3n) is 9.68. The number of thiazole rings is 1. The fourth-order valence-corrected chi connectivity index (χ4v) is 8.05. The first-order valence-electron chi connectivity index (χ1n) is 16.6. The number of nitrogens with one attached hydrogen (secondary N) is 2. The summed E-state index contributed by atoms with van der Waals surface area (Å²) in [5, 5.41) is 31.7. The topological polar surface area (TPSA) is 169 Å². The van der Waals surface area contributed by atoms with E-state index in [0.29, 0.717) is 40.6 Å². The van der Waals surface area contributed by atoms with E-state index in [1.807, 2.05) is 41.8 Å². The summed E-state index contributed by atoms with van der Waals surface area (Å²) in [7, 11) is 1.59. The Kier molecular flexibility index (Phi) is 9.51. The second kappa shape index (κ2) is 14.2. The maximum absolute atomic E-state index is 14.5. The van der Waals surface area contributed by atoms with Gasteiger partial charge in [-0.3, -0.25) is 14.4 Å². The van der Waals surface area contributed by atoms with Crippen molar-refractivity contribution in [2.24, 2.45) is 5.92 Å². The number of aliphatic carboxylic acids is 1. The van der Waals surface area contributed by atoms with Crippen LogP contribution in [0.25, 0.3) is 22.0 Å². The molecule has 15 heteroatoms. The van der Waals surface area contributed by atoms with Crippen LogP contribution in [0.5, 0.6) is 5.75 Å². The van der Waals surface area contributed by atoms with Crippen LogP contribution in [0.15, 0.2) is 64.8 Å². The smallest absolute Gasteiger partial charge is 0.330 e. The Labute approximate surface area is 296 Å². The highest BCUT2D eigenvalue weighted by Crippen LogP contribution is 2.46. The molecule has 1 aromatic carbocycles. The molecule has 5 atom stereocenters. The van der Waals surface area contributed by atoms with Crippen LogP contribution in [0.3, 0.4) is 0 Å². The number of hydrogen-bond acceptors (Lipinski definition) is 10. The van der Waals surface area contributed by atoms with Crippen molar-refractivity contribution in [3.05, 3.63) is 70.4 Å². The number of hydrogen-bond donors (Lipinski definition) is 3. The molecule has 50 heavy (non-hydrogen) atoms. The molecule has 0 bridgehead atoms. The molecule has 2 aliphatic heterocycles. The Balaban J connectivity index is 1.24. The largest absolute Gasteiger partial charge is 0.497 e. The number of thiophene rings is 1. The van der Waals surface area contributed by atoms with Gasteiger partial charge < -0.3 is 25.4 Å². The van der Waals surface area contributed by atoms with Gasteiger partial charge in [0.1, 0.15) is 39.8 Å². The Morgan fingerprint density at radius 3 is 2.62 bits per heavy atom. The van der Waals surface area contributed by atoms with E-state index in [9.17, 15) is 24.3 Å². The highest BCUT2D eigenvalue weighted by molar-refractivity contribution is 7.13. The highest BCUT2D eigenvalue weighted by atomic mass is 32.1. The zero-order valence-corrected chi connectivity index (χ0v) is 29.0. The zero-order valence-electron chi connectivity index (χ0n) is 27.4. The van der Waals surface area contributed by atoms with Gasteiger partial charge in [0.2, 0.25) is 11.8 Å². The first-order chi connectivity index (χ1) is 24.3. The SMILES string of the molecule is COc1ccc(-c2nn([C@@H]3C[C@H]4C(=O)N[C@]5(C(=O)O)C[C@H]5/C=C\CCCCC[C@@H](NC(=O)c5ccsc5)C(=O)N4C3)nc2-c2nccs2)cc1. The molecule has 2 fully saturated rings. The van der Waals surface area contributed by atoms with E-state index in [-0.39, 0.29) is 31.2 Å². The lowest BCUT2D eigenvalue weighted by Gasteiger charge is -2.29. The summed E-state index contributed by atoms with van der Waals surface area (Å²) >= 11 is 2.81. The Morgan fingerprint density at radius 2 is 1.90 bits per heavy atom. The minimum atomic E-state index is -1.43. The molecule has 4 aromatic rings. The van der Waals surface area contributed by atoms with Crippen molar-refractivity contribution in [1.82, 2.24) is 35.5 Å². The number of carboxylic acid groups (broad SMARTS) is 1. The summed E-state index contributed by atoms with van der Waals surface area (Å²) in [6, 6.07) is 6.70. The van der Waals surface area contributed by atoms with Crippen molar-refractivity contribution in [2.45, 2.75) is 68.6 Å². The summed E-state index contributed by atoms with van der Waals surface area (Å²) in [6.07, 6.45) is 9.49. The molecule has 1 saturated heterocycles. The van der Waals surface area contributed by atoms with Gasteiger partial charge in [0.25, 0.3) is 5.91 Å². The first-order valence-corrected chi connectivity index (χ1v) is 18.5. The number of carbonyl (C=O) groups excluding carboxylic acids is 3. The highest BCUT2D eigenvalue weighted by Gasteiger charge is 2.61. The van der Waals surface area contributed by atoms with E-state index in [0.717, 1.165) is 24.8 Å².